The second kappa shape index (κ2) is 16.5. The summed E-state index contributed by atoms with van der Waals surface area (Å²) >= 11 is 3.45. The summed E-state index contributed by atoms with van der Waals surface area (Å²) in [4.78, 5) is 28.4. The average molecular weight is 586 g/mol. The highest BCUT2D eigenvalue weighted by Gasteiger charge is 2.30. The highest BCUT2D eigenvalue weighted by Crippen LogP contribution is 2.20. The third kappa shape index (κ3) is 10.5. The maximum absolute atomic E-state index is 14.2. The molecule has 0 radical (unpaired) electrons. The molecule has 0 aromatic heterocycles. The minimum absolute atomic E-state index is 0.108. The van der Waals surface area contributed by atoms with Crippen molar-refractivity contribution in [3.63, 3.8) is 0 Å². The van der Waals surface area contributed by atoms with Crippen LogP contribution >= 0.6 is 11.6 Å². The molecule has 12 heteroatoms. The van der Waals surface area contributed by atoms with E-state index in [4.69, 9.17) is 21.1 Å². The predicted molar refractivity (Wildman–Crippen MR) is 150 cm³/mol. The van der Waals surface area contributed by atoms with Gasteiger partial charge in [0.25, 0.3) is 11.3 Å². The minimum atomic E-state index is -2.56. The molecule has 2 aromatic rings. The number of ether oxygens (including phenoxy) is 2. The van der Waals surface area contributed by atoms with E-state index in [9.17, 15) is 22.7 Å². The van der Waals surface area contributed by atoms with Gasteiger partial charge in [-0.05, 0) is 57.5 Å². The molecule has 2 N–H and O–H groups in total. The summed E-state index contributed by atoms with van der Waals surface area (Å²) < 4.78 is 48.0. The molecule has 216 valence electrons. The number of nitrogens with zero attached hydrogens (tertiary/aromatic N) is 2. The summed E-state index contributed by atoms with van der Waals surface area (Å²) in [5.74, 6) is -1.57. The quantitative estimate of drug-likeness (QED) is 0.226. The van der Waals surface area contributed by atoms with Crippen LogP contribution in [0.15, 0.2) is 48.5 Å². The monoisotopic (exact) mass is 585 g/mol. The lowest BCUT2D eigenvalue weighted by molar-refractivity contribution is -0.163. The molecule has 2 amide bonds. The van der Waals surface area contributed by atoms with Crippen LogP contribution in [-0.2, 0) is 36.8 Å². The highest BCUT2D eigenvalue weighted by atomic mass is 35.5. The smallest absolute Gasteiger partial charge is 0.261 e. The second-order valence-corrected chi connectivity index (χ2v) is 10.2. The number of benzene rings is 2. The van der Waals surface area contributed by atoms with Crippen molar-refractivity contribution >= 4 is 40.4 Å². The van der Waals surface area contributed by atoms with Gasteiger partial charge in [-0.25, -0.2) is 8.60 Å². The minimum Gasteiger partial charge on any atom is -0.351 e. The van der Waals surface area contributed by atoms with Crippen molar-refractivity contribution in [3.05, 3.63) is 64.9 Å². The summed E-state index contributed by atoms with van der Waals surface area (Å²) in [6.07, 6.45) is -0.707. The third-order valence-electron chi connectivity index (χ3n) is 5.80. The van der Waals surface area contributed by atoms with E-state index in [2.05, 4.69) is 5.32 Å². The SMILES string of the molecule is CCOC(CN(C(=O)C(Cc1ccc(Cl)cc1)NC(=O)CCN(c1ccccc1F)S(=O)O)C(C)C)OCC. The maximum Gasteiger partial charge on any atom is 0.261 e. The highest BCUT2D eigenvalue weighted by molar-refractivity contribution is 7.80. The van der Waals surface area contributed by atoms with Crippen LogP contribution in [0.2, 0.25) is 5.02 Å². The van der Waals surface area contributed by atoms with Gasteiger partial charge < -0.3 is 19.7 Å². The summed E-state index contributed by atoms with van der Waals surface area (Å²) in [5.41, 5.74) is 0.668. The first-order valence-corrected chi connectivity index (χ1v) is 14.2. The Hall–Kier alpha value is -2.57. The molecule has 2 aromatic carbocycles. The Labute approximate surface area is 237 Å². The van der Waals surface area contributed by atoms with Crippen LogP contribution in [0.1, 0.15) is 39.7 Å². The molecule has 2 rings (SSSR count). The van der Waals surface area contributed by atoms with Crippen LogP contribution in [0.5, 0.6) is 0 Å². The molecule has 0 saturated heterocycles. The molecular weight excluding hydrogens is 549 g/mol. The zero-order valence-corrected chi connectivity index (χ0v) is 24.2. The third-order valence-corrected chi connectivity index (χ3v) is 6.80. The van der Waals surface area contributed by atoms with Gasteiger partial charge in [-0.1, -0.05) is 35.9 Å². The van der Waals surface area contributed by atoms with E-state index in [0.29, 0.717) is 18.2 Å². The lowest BCUT2D eigenvalue weighted by Crippen LogP contribution is -2.54. The van der Waals surface area contributed by atoms with Gasteiger partial charge in [0.1, 0.15) is 11.9 Å². The first kappa shape index (κ1) is 32.6. The van der Waals surface area contributed by atoms with Crippen molar-refractivity contribution in [2.75, 3.05) is 30.6 Å². The van der Waals surface area contributed by atoms with E-state index in [1.54, 1.807) is 29.2 Å². The number of anilines is 1. The van der Waals surface area contributed by atoms with Gasteiger partial charge in [0.05, 0.1) is 12.2 Å². The van der Waals surface area contributed by atoms with Crippen LogP contribution in [0.25, 0.3) is 0 Å². The van der Waals surface area contributed by atoms with Gasteiger partial charge in [0.15, 0.2) is 6.29 Å². The molecule has 9 nitrogen and oxygen atoms in total. The maximum atomic E-state index is 14.2. The van der Waals surface area contributed by atoms with E-state index in [0.717, 1.165) is 15.9 Å². The molecule has 2 atom stereocenters. The van der Waals surface area contributed by atoms with Crippen molar-refractivity contribution in [2.24, 2.45) is 0 Å². The predicted octanol–water partition coefficient (Wildman–Crippen LogP) is 4.18. The number of amides is 2. The van der Waals surface area contributed by atoms with E-state index < -0.39 is 35.3 Å². The van der Waals surface area contributed by atoms with Gasteiger partial charge in [-0.2, -0.15) is 0 Å². The number of nitrogens with one attached hydrogen (secondary N) is 1. The zero-order valence-electron chi connectivity index (χ0n) is 22.6. The van der Waals surface area contributed by atoms with Gasteiger partial charge in [0.2, 0.25) is 11.8 Å². The summed E-state index contributed by atoms with van der Waals surface area (Å²) in [6, 6.07) is 11.3. The van der Waals surface area contributed by atoms with Crippen LogP contribution in [0.3, 0.4) is 0 Å². The van der Waals surface area contributed by atoms with E-state index in [1.807, 2.05) is 27.7 Å². The average Bonchev–Trinajstić information content (AvgIpc) is 2.88. The Morgan fingerprint density at radius 2 is 1.69 bits per heavy atom. The molecule has 0 bridgehead atoms. The zero-order chi connectivity index (χ0) is 28.9. The Bertz CT molecular complexity index is 1090. The molecule has 39 heavy (non-hydrogen) atoms. The van der Waals surface area contributed by atoms with Crippen molar-refractivity contribution in [3.8, 4) is 0 Å². The molecule has 0 aliphatic rings. The number of carbonyl (C=O) groups is 2. The summed E-state index contributed by atoms with van der Waals surface area (Å²) in [7, 11) is 0. The Kier molecular flexibility index (Phi) is 13.8. The van der Waals surface area contributed by atoms with Gasteiger partial charge in [-0.15, -0.1) is 0 Å². The molecule has 0 saturated carbocycles. The largest absolute Gasteiger partial charge is 0.351 e. The first-order chi connectivity index (χ1) is 18.6. The molecular formula is C27H37ClFN3O6S. The lowest BCUT2D eigenvalue weighted by atomic mass is 10.0. The van der Waals surface area contributed by atoms with Crippen molar-refractivity contribution in [2.45, 2.75) is 58.9 Å². The topological polar surface area (TPSA) is 108 Å². The Morgan fingerprint density at radius 1 is 1.08 bits per heavy atom. The molecule has 0 fully saturated rings. The van der Waals surface area contributed by atoms with Crippen molar-refractivity contribution < 1.29 is 32.2 Å². The summed E-state index contributed by atoms with van der Waals surface area (Å²) in [6.45, 7) is 8.11. The van der Waals surface area contributed by atoms with Crippen molar-refractivity contribution in [1.82, 2.24) is 10.2 Å². The lowest BCUT2D eigenvalue weighted by Gasteiger charge is -2.33. The fourth-order valence-electron chi connectivity index (χ4n) is 3.90. The van der Waals surface area contributed by atoms with Crippen LogP contribution in [-0.4, -0.2) is 70.2 Å². The molecule has 0 aliphatic carbocycles. The van der Waals surface area contributed by atoms with Crippen LogP contribution < -0.4 is 9.62 Å². The number of para-hydroxylation sites is 1. The van der Waals surface area contributed by atoms with Crippen molar-refractivity contribution in [1.29, 1.82) is 0 Å². The molecule has 0 spiro atoms. The number of carbonyl (C=O) groups excluding carboxylic acids is 2. The fraction of sp³-hybridized carbons (Fsp3) is 0.481. The fourth-order valence-corrected chi connectivity index (χ4v) is 4.59. The van der Waals surface area contributed by atoms with E-state index in [-0.39, 0.29) is 43.6 Å². The van der Waals surface area contributed by atoms with Gasteiger partial charge in [0, 0.05) is 43.7 Å². The van der Waals surface area contributed by atoms with Crippen LogP contribution in [0, 0.1) is 5.82 Å². The van der Waals surface area contributed by atoms with Crippen LogP contribution in [0.4, 0.5) is 10.1 Å². The number of hydrogen-bond donors (Lipinski definition) is 2. The van der Waals surface area contributed by atoms with E-state index >= 15 is 0 Å². The second-order valence-electron chi connectivity index (χ2n) is 8.91. The molecule has 2 unspecified atom stereocenters. The van der Waals surface area contributed by atoms with Gasteiger partial charge in [-0.3, -0.25) is 18.4 Å². The van der Waals surface area contributed by atoms with E-state index in [1.165, 1.54) is 18.2 Å². The number of rotatable bonds is 16. The summed E-state index contributed by atoms with van der Waals surface area (Å²) in [5, 5.41) is 3.31. The standard InChI is InChI=1S/C27H37ClFN3O6S/c1-5-37-26(38-6-2)18-31(19(3)4)27(34)23(17-20-11-13-21(28)14-12-20)30-25(33)15-16-32(39(35)36)24-10-8-7-9-22(24)29/h7-14,19,23,26H,5-6,15-18H2,1-4H3,(H,30,33)(H,35,36). The van der Waals surface area contributed by atoms with Gasteiger partial charge >= 0.3 is 0 Å². The number of halogens is 2. The normalized spacial score (nSPS) is 12.8. The Balaban J connectivity index is 2.24. The molecule has 0 aliphatic heterocycles. The Morgan fingerprint density at radius 3 is 2.23 bits per heavy atom. The molecule has 0 heterocycles. The number of hydrogen-bond acceptors (Lipinski definition) is 5. The first-order valence-electron chi connectivity index (χ1n) is 12.8.